The Hall–Kier alpha value is -3.98. The van der Waals surface area contributed by atoms with Crippen molar-refractivity contribution in [3.8, 4) is 6.07 Å². The third kappa shape index (κ3) is 5.88. The molecule has 2 aromatic rings. The van der Waals surface area contributed by atoms with E-state index >= 15 is 0 Å². The summed E-state index contributed by atoms with van der Waals surface area (Å²) in [6.45, 7) is 2.50. The second-order valence-electron chi connectivity index (χ2n) is 9.48. The number of anilines is 1. The van der Waals surface area contributed by atoms with Gasteiger partial charge in [0, 0.05) is 19.6 Å². The van der Waals surface area contributed by atoms with Crippen LogP contribution in [0.1, 0.15) is 36.0 Å². The second-order valence-corrected chi connectivity index (χ2v) is 9.48. The molecule has 1 spiro atoms. The van der Waals surface area contributed by atoms with Crippen molar-refractivity contribution in [3.05, 3.63) is 65.0 Å². The SMILES string of the molecule is N#Cc1ccc(N2CC(=O)N(Cc3ccc(C(F)(F)F)cc3)C3(CCC3)C2=O)c(F)c1.O=CN1CCOCC1. The number of ether oxygens (including phenoxy) is 1. The second kappa shape index (κ2) is 11.4. The van der Waals surface area contributed by atoms with Crippen LogP contribution in [0.15, 0.2) is 42.5 Å². The molecule has 39 heavy (non-hydrogen) atoms. The maximum Gasteiger partial charge on any atom is 0.416 e. The number of carbonyl (C=O) groups excluding carboxylic acids is 3. The van der Waals surface area contributed by atoms with Gasteiger partial charge in [-0.05, 0) is 55.2 Å². The highest BCUT2D eigenvalue weighted by molar-refractivity contribution is 6.09. The number of rotatable bonds is 4. The quantitative estimate of drug-likeness (QED) is 0.433. The molecule has 0 atom stereocenters. The summed E-state index contributed by atoms with van der Waals surface area (Å²) in [5.41, 5.74) is -1.44. The number of morpholine rings is 1. The molecule has 8 nitrogen and oxygen atoms in total. The van der Waals surface area contributed by atoms with Crippen LogP contribution < -0.4 is 4.90 Å². The Morgan fingerprint density at radius 3 is 2.21 bits per heavy atom. The van der Waals surface area contributed by atoms with E-state index in [1.54, 1.807) is 4.90 Å². The lowest BCUT2D eigenvalue weighted by Crippen LogP contribution is -2.70. The van der Waals surface area contributed by atoms with Crippen LogP contribution in [0.3, 0.4) is 0 Å². The number of nitrogens with zero attached hydrogens (tertiary/aromatic N) is 4. The number of benzene rings is 2. The van der Waals surface area contributed by atoms with E-state index in [-0.39, 0.29) is 24.3 Å². The van der Waals surface area contributed by atoms with E-state index < -0.39 is 34.9 Å². The number of halogens is 4. The van der Waals surface area contributed by atoms with Crippen LogP contribution in [0.4, 0.5) is 23.2 Å². The van der Waals surface area contributed by atoms with E-state index in [0.29, 0.717) is 38.0 Å². The van der Waals surface area contributed by atoms with Crippen molar-refractivity contribution in [1.82, 2.24) is 9.80 Å². The highest BCUT2D eigenvalue weighted by atomic mass is 19.4. The molecule has 0 bridgehead atoms. The summed E-state index contributed by atoms with van der Waals surface area (Å²) in [6, 6.07) is 9.97. The van der Waals surface area contributed by atoms with Crippen LogP contribution in [0.5, 0.6) is 0 Å². The summed E-state index contributed by atoms with van der Waals surface area (Å²) in [5, 5.41) is 8.90. The van der Waals surface area contributed by atoms with E-state index in [4.69, 9.17) is 10.00 Å². The molecule has 0 N–H and O–H groups in total. The Morgan fingerprint density at radius 2 is 1.72 bits per heavy atom. The zero-order valence-electron chi connectivity index (χ0n) is 20.9. The minimum Gasteiger partial charge on any atom is -0.378 e. The van der Waals surface area contributed by atoms with Crippen molar-refractivity contribution in [1.29, 1.82) is 5.26 Å². The zero-order chi connectivity index (χ0) is 28.2. The molecule has 2 heterocycles. The summed E-state index contributed by atoms with van der Waals surface area (Å²) in [4.78, 5) is 40.5. The molecule has 5 rings (SSSR count). The van der Waals surface area contributed by atoms with Crippen LogP contribution in [0.25, 0.3) is 0 Å². The van der Waals surface area contributed by atoms with E-state index in [2.05, 4.69) is 0 Å². The van der Waals surface area contributed by atoms with Gasteiger partial charge in [-0.25, -0.2) is 4.39 Å². The Bertz CT molecular complexity index is 1270. The van der Waals surface area contributed by atoms with Crippen LogP contribution in [0.2, 0.25) is 0 Å². The van der Waals surface area contributed by atoms with Gasteiger partial charge in [-0.2, -0.15) is 18.4 Å². The molecular weight excluding hydrogens is 520 g/mol. The van der Waals surface area contributed by atoms with E-state index in [1.165, 1.54) is 29.2 Å². The van der Waals surface area contributed by atoms with E-state index in [0.717, 1.165) is 42.6 Å². The monoisotopic (exact) mass is 546 g/mol. The molecule has 3 fully saturated rings. The van der Waals surface area contributed by atoms with Crippen molar-refractivity contribution in [2.24, 2.45) is 0 Å². The topological polar surface area (TPSA) is 93.9 Å². The first-order valence-electron chi connectivity index (χ1n) is 12.3. The maximum atomic E-state index is 14.5. The average molecular weight is 547 g/mol. The van der Waals surface area contributed by atoms with Crippen LogP contribution in [-0.4, -0.2) is 66.4 Å². The number of nitriles is 1. The molecule has 0 unspecified atom stereocenters. The highest BCUT2D eigenvalue weighted by Gasteiger charge is 2.56. The molecule has 3 amide bonds. The van der Waals surface area contributed by atoms with Crippen molar-refractivity contribution >= 4 is 23.9 Å². The van der Waals surface area contributed by atoms with Crippen molar-refractivity contribution in [2.75, 3.05) is 37.7 Å². The maximum absolute atomic E-state index is 14.5. The van der Waals surface area contributed by atoms with Crippen LogP contribution in [-0.2, 0) is 31.8 Å². The summed E-state index contributed by atoms with van der Waals surface area (Å²) < 4.78 is 57.9. The lowest BCUT2D eigenvalue weighted by Gasteiger charge is -2.54. The number of alkyl halides is 3. The molecule has 1 saturated carbocycles. The summed E-state index contributed by atoms with van der Waals surface area (Å²) in [6.07, 6.45) is -2.11. The largest absolute Gasteiger partial charge is 0.416 e. The molecule has 2 aliphatic heterocycles. The summed E-state index contributed by atoms with van der Waals surface area (Å²) >= 11 is 0. The van der Waals surface area contributed by atoms with Gasteiger partial charge in [0.05, 0.1) is 36.1 Å². The fourth-order valence-electron chi connectivity index (χ4n) is 4.79. The zero-order valence-corrected chi connectivity index (χ0v) is 20.9. The molecule has 206 valence electrons. The molecular formula is C27H26F4N4O4. The summed E-state index contributed by atoms with van der Waals surface area (Å²) in [7, 11) is 0. The lowest BCUT2D eigenvalue weighted by molar-refractivity contribution is -0.158. The summed E-state index contributed by atoms with van der Waals surface area (Å²) in [5.74, 6) is -1.61. The Kier molecular flexibility index (Phi) is 8.20. The number of hydrogen-bond acceptors (Lipinski definition) is 5. The predicted molar refractivity (Wildman–Crippen MR) is 131 cm³/mol. The third-order valence-electron chi connectivity index (χ3n) is 7.12. The first-order valence-corrected chi connectivity index (χ1v) is 12.3. The van der Waals surface area contributed by atoms with Gasteiger partial charge < -0.3 is 14.5 Å². The minimum atomic E-state index is -4.46. The normalized spacial score (nSPS) is 18.7. The minimum absolute atomic E-state index is 0.00754. The Labute approximate surface area is 222 Å². The standard InChI is InChI=1S/C22H17F4N3O2.C5H9NO2/c23-17-10-15(11-27)4-7-18(17)28-13-19(30)29(21(20(28)31)8-1-9-21)12-14-2-5-16(6-3-14)22(24,25)26;7-5-6-1-3-8-4-2-6/h2-7,10H,1,8-9,12-13H2;5H,1-4H2. The number of piperazine rings is 1. The molecule has 1 aliphatic carbocycles. The van der Waals surface area contributed by atoms with Crippen LogP contribution in [0, 0.1) is 17.1 Å². The predicted octanol–water partition coefficient (Wildman–Crippen LogP) is 3.49. The number of hydrogen-bond donors (Lipinski definition) is 0. The first-order chi connectivity index (χ1) is 18.6. The van der Waals surface area contributed by atoms with E-state index in [1.807, 2.05) is 6.07 Å². The smallest absolute Gasteiger partial charge is 0.378 e. The van der Waals surface area contributed by atoms with Gasteiger partial charge >= 0.3 is 6.18 Å². The van der Waals surface area contributed by atoms with Gasteiger partial charge in [-0.3, -0.25) is 19.3 Å². The molecule has 2 aromatic carbocycles. The Balaban J connectivity index is 0.000000379. The Morgan fingerprint density at radius 1 is 1.05 bits per heavy atom. The average Bonchev–Trinajstić information content (AvgIpc) is 2.90. The fourth-order valence-corrected chi connectivity index (χ4v) is 4.79. The molecule has 3 aliphatic rings. The van der Waals surface area contributed by atoms with E-state index in [9.17, 15) is 31.9 Å². The molecule has 12 heteroatoms. The van der Waals surface area contributed by atoms with Gasteiger partial charge in [0.1, 0.15) is 17.9 Å². The van der Waals surface area contributed by atoms with Gasteiger partial charge in [-0.15, -0.1) is 0 Å². The van der Waals surface area contributed by atoms with Gasteiger partial charge in [0.25, 0.3) is 5.91 Å². The first kappa shape index (κ1) is 28.0. The van der Waals surface area contributed by atoms with Crippen LogP contribution >= 0.6 is 0 Å². The lowest BCUT2D eigenvalue weighted by atomic mass is 9.72. The van der Waals surface area contributed by atoms with Crippen molar-refractivity contribution < 1.29 is 36.7 Å². The molecule has 2 saturated heterocycles. The van der Waals surface area contributed by atoms with Crippen molar-refractivity contribution in [3.63, 3.8) is 0 Å². The molecule has 0 aromatic heterocycles. The number of carbonyl (C=O) groups is 3. The highest BCUT2D eigenvalue weighted by Crippen LogP contribution is 2.44. The third-order valence-corrected chi connectivity index (χ3v) is 7.12. The fraction of sp³-hybridized carbons (Fsp3) is 0.407. The molecule has 0 radical (unpaired) electrons. The van der Waals surface area contributed by atoms with Gasteiger partial charge in [-0.1, -0.05) is 12.1 Å². The number of amides is 3. The van der Waals surface area contributed by atoms with Gasteiger partial charge in [0.15, 0.2) is 0 Å². The van der Waals surface area contributed by atoms with Gasteiger partial charge in [0.2, 0.25) is 12.3 Å². The van der Waals surface area contributed by atoms with Crippen molar-refractivity contribution in [2.45, 2.75) is 37.5 Å².